The van der Waals surface area contributed by atoms with Crippen LogP contribution in [0.4, 0.5) is 0 Å². The molecule has 0 aromatic heterocycles. The molecule has 0 aliphatic rings. The molecule has 0 heterocycles. The van der Waals surface area contributed by atoms with E-state index in [-0.39, 0.29) is 18.9 Å². The van der Waals surface area contributed by atoms with E-state index in [0.29, 0.717) is 12.3 Å². The molecule has 1 rings (SSSR count). The maximum Gasteiger partial charge on any atom is 0.305 e. The van der Waals surface area contributed by atoms with Gasteiger partial charge in [-0.3, -0.25) is 9.59 Å². The molecule has 104 valence electrons. The van der Waals surface area contributed by atoms with Gasteiger partial charge in [0.15, 0.2) is 0 Å². The smallest absolute Gasteiger partial charge is 0.305 e. The third kappa shape index (κ3) is 5.55. The molecular formula is C15H21NO3. The molecule has 4 heteroatoms. The predicted molar refractivity (Wildman–Crippen MR) is 74.0 cm³/mol. The highest BCUT2D eigenvalue weighted by atomic mass is 16.4. The number of hydrogen-bond acceptors (Lipinski definition) is 2. The van der Waals surface area contributed by atoms with Crippen LogP contribution >= 0.6 is 0 Å². The van der Waals surface area contributed by atoms with E-state index in [9.17, 15) is 9.59 Å². The Hall–Kier alpha value is -1.84. The summed E-state index contributed by atoms with van der Waals surface area (Å²) in [5.74, 6) is -0.542. The van der Waals surface area contributed by atoms with Gasteiger partial charge in [0.1, 0.15) is 0 Å². The second-order valence-electron chi connectivity index (χ2n) is 4.81. The van der Waals surface area contributed by atoms with Crippen LogP contribution in [0, 0.1) is 0 Å². The quantitative estimate of drug-likeness (QED) is 0.822. The van der Waals surface area contributed by atoms with Gasteiger partial charge in [-0.15, -0.1) is 0 Å². The Balaban J connectivity index is 2.35. The van der Waals surface area contributed by atoms with Crippen molar-refractivity contribution in [2.24, 2.45) is 0 Å². The molecule has 0 fully saturated rings. The lowest BCUT2D eigenvalue weighted by atomic mass is 9.96. The summed E-state index contributed by atoms with van der Waals surface area (Å²) in [5.41, 5.74) is 1.23. The fraction of sp³-hybridized carbons (Fsp3) is 0.467. The first kappa shape index (κ1) is 15.2. The summed E-state index contributed by atoms with van der Waals surface area (Å²) in [6.45, 7) is 2.37. The van der Waals surface area contributed by atoms with Crippen LogP contribution in [0.5, 0.6) is 0 Å². The minimum Gasteiger partial charge on any atom is -0.481 e. The standard InChI is InChI=1S/C15H21NO3/c1-12(13-6-4-3-5-7-13)8-9-14(17)16(2)11-10-15(18)19/h3-7,12H,8-11H2,1-2H3,(H,18,19). The maximum absolute atomic E-state index is 11.8. The van der Waals surface area contributed by atoms with E-state index in [2.05, 4.69) is 19.1 Å². The Bertz CT molecular complexity index is 417. The lowest BCUT2D eigenvalue weighted by Crippen LogP contribution is -2.29. The summed E-state index contributed by atoms with van der Waals surface area (Å²) < 4.78 is 0. The van der Waals surface area contributed by atoms with Crippen LogP contribution in [-0.2, 0) is 9.59 Å². The minimum atomic E-state index is -0.877. The topological polar surface area (TPSA) is 57.6 Å². The predicted octanol–water partition coefficient (Wildman–Crippen LogP) is 2.50. The highest BCUT2D eigenvalue weighted by Gasteiger charge is 2.12. The molecule has 1 unspecified atom stereocenters. The van der Waals surface area contributed by atoms with Gasteiger partial charge in [-0.25, -0.2) is 0 Å². The van der Waals surface area contributed by atoms with Gasteiger partial charge in [0, 0.05) is 20.0 Å². The first-order valence-electron chi connectivity index (χ1n) is 6.51. The normalized spacial score (nSPS) is 11.9. The Morgan fingerprint density at radius 1 is 1.21 bits per heavy atom. The summed E-state index contributed by atoms with van der Waals surface area (Å²) in [5, 5.41) is 8.57. The van der Waals surface area contributed by atoms with Gasteiger partial charge in [0.05, 0.1) is 6.42 Å². The summed E-state index contributed by atoms with van der Waals surface area (Å²) in [4.78, 5) is 23.8. The van der Waals surface area contributed by atoms with Gasteiger partial charge in [-0.2, -0.15) is 0 Å². The summed E-state index contributed by atoms with van der Waals surface area (Å²) in [6, 6.07) is 10.1. The lowest BCUT2D eigenvalue weighted by molar-refractivity contribution is -0.138. The third-order valence-corrected chi connectivity index (χ3v) is 3.25. The van der Waals surface area contributed by atoms with Gasteiger partial charge >= 0.3 is 5.97 Å². The van der Waals surface area contributed by atoms with Crippen molar-refractivity contribution in [1.29, 1.82) is 0 Å². The first-order chi connectivity index (χ1) is 9.00. The Morgan fingerprint density at radius 2 is 1.84 bits per heavy atom. The molecule has 0 aliphatic carbocycles. The number of nitrogens with zero attached hydrogens (tertiary/aromatic N) is 1. The molecule has 1 aromatic carbocycles. The fourth-order valence-corrected chi connectivity index (χ4v) is 1.87. The number of carbonyl (C=O) groups is 2. The number of carboxylic acids is 1. The van der Waals surface area contributed by atoms with E-state index >= 15 is 0 Å². The zero-order valence-corrected chi connectivity index (χ0v) is 11.5. The van der Waals surface area contributed by atoms with Crippen LogP contribution in [0.15, 0.2) is 30.3 Å². The number of carboxylic acid groups (broad SMARTS) is 1. The molecule has 1 aromatic rings. The summed E-state index contributed by atoms with van der Waals surface area (Å²) in [6.07, 6.45) is 1.23. The van der Waals surface area contributed by atoms with E-state index in [1.807, 2.05) is 18.2 Å². The van der Waals surface area contributed by atoms with Crippen molar-refractivity contribution in [1.82, 2.24) is 4.90 Å². The zero-order chi connectivity index (χ0) is 14.3. The van der Waals surface area contributed by atoms with Gasteiger partial charge in [0.2, 0.25) is 5.91 Å². The van der Waals surface area contributed by atoms with Crippen molar-refractivity contribution >= 4 is 11.9 Å². The van der Waals surface area contributed by atoms with E-state index in [1.165, 1.54) is 10.5 Å². The molecule has 4 nitrogen and oxygen atoms in total. The monoisotopic (exact) mass is 263 g/mol. The molecule has 1 N–H and O–H groups in total. The molecule has 1 atom stereocenters. The van der Waals surface area contributed by atoms with Crippen LogP contribution in [0.1, 0.15) is 37.7 Å². The maximum atomic E-state index is 11.8. The van der Waals surface area contributed by atoms with Crippen molar-refractivity contribution in [2.75, 3.05) is 13.6 Å². The number of rotatable bonds is 7. The molecule has 0 radical (unpaired) electrons. The van der Waals surface area contributed by atoms with Crippen molar-refractivity contribution in [3.8, 4) is 0 Å². The summed E-state index contributed by atoms with van der Waals surface area (Å²) >= 11 is 0. The molecule has 1 amide bonds. The number of benzene rings is 1. The van der Waals surface area contributed by atoms with Gasteiger partial charge in [-0.05, 0) is 17.9 Å². The SMILES string of the molecule is CC(CCC(=O)N(C)CCC(=O)O)c1ccccc1. The van der Waals surface area contributed by atoms with Gasteiger partial charge in [0.25, 0.3) is 0 Å². The van der Waals surface area contributed by atoms with Crippen molar-refractivity contribution in [2.45, 2.75) is 32.1 Å². The van der Waals surface area contributed by atoms with Crippen LogP contribution in [0.25, 0.3) is 0 Å². The fourth-order valence-electron chi connectivity index (χ4n) is 1.87. The average Bonchev–Trinajstić information content (AvgIpc) is 2.42. The second kappa shape index (κ2) is 7.56. The molecular weight excluding hydrogens is 242 g/mol. The van der Waals surface area contributed by atoms with Crippen molar-refractivity contribution in [3.05, 3.63) is 35.9 Å². The third-order valence-electron chi connectivity index (χ3n) is 3.25. The van der Waals surface area contributed by atoms with Gasteiger partial charge in [-0.1, -0.05) is 37.3 Å². The number of amides is 1. The minimum absolute atomic E-state index is 0.00349. The van der Waals surface area contributed by atoms with E-state index in [4.69, 9.17) is 5.11 Å². The molecule has 0 aliphatic heterocycles. The van der Waals surface area contributed by atoms with Crippen LogP contribution in [0.3, 0.4) is 0 Å². The summed E-state index contributed by atoms with van der Waals surface area (Å²) in [7, 11) is 1.65. The lowest BCUT2D eigenvalue weighted by Gasteiger charge is -2.17. The molecule has 0 saturated carbocycles. The van der Waals surface area contributed by atoms with E-state index in [1.54, 1.807) is 7.05 Å². The molecule has 0 spiro atoms. The van der Waals surface area contributed by atoms with Gasteiger partial charge < -0.3 is 10.0 Å². The number of hydrogen-bond donors (Lipinski definition) is 1. The molecule has 19 heavy (non-hydrogen) atoms. The van der Waals surface area contributed by atoms with Crippen molar-refractivity contribution in [3.63, 3.8) is 0 Å². The van der Waals surface area contributed by atoms with Crippen LogP contribution in [0.2, 0.25) is 0 Å². The van der Waals surface area contributed by atoms with E-state index < -0.39 is 5.97 Å². The average molecular weight is 263 g/mol. The van der Waals surface area contributed by atoms with E-state index in [0.717, 1.165) is 6.42 Å². The Morgan fingerprint density at radius 3 is 2.42 bits per heavy atom. The largest absolute Gasteiger partial charge is 0.481 e. The second-order valence-corrected chi connectivity index (χ2v) is 4.81. The Labute approximate surface area is 114 Å². The van der Waals surface area contributed by atoms with Crippen molar-refractivity contribution < 1.29 is 14.7 Å². The highest BCUT2D eigenvalue weighted by Crippen LogP contribution is 2.20. The van der Waals surface area contributed by atoms with Crippen LogP contribution < -0.4 is 0 Å². The number of aliphatic carboxylic acids is 1. The highest BCUT2D eigenvalue weighted by molar-refractivity contribution is 5.76. The first-order valence-corrected chi connectivity index (χ1v) is 6.51. The zero-order valence-electron chi connectivity index (χ0n) is 11.5. The Kier molecular flexibility index (Phi) is 6.06. The van der Waals surface area contributed by atoms with Crippen LogP contribution in [-0.4, -0.2) is 35.5 Å². The molecule has 0 bridgehead atoms. The molecule has 0 saturated heterocycles. The number of carbonyl (C=O) groups excluding carboxylic acids is 1.